The molecule has 0 saturated heterocycles. The first kappa shape index (κ1) is 26.4. The Labute approximate surface area is 216 Å². The molecule has 0 aliphatic rings. The number of hydrogen-bond acceptors (Lipinski definition) is 3. The number of carbonyl (C=O) groups is 1. The average molecular weight is 506 g/mol. The Bertz CT molecular complexity index is 1380. The van der Waals surface area contributed by atoms with Gasteiger partial charge in [0, 0.05) is 36.8 Å². The van der Waals surface area contributed by atoms with Crippen LogP contribution in [-0.2, 0) is 13.1 Å². The lowest BCUT2D eigenvalue weighted by atomic mass is 10.0. The van der Waals surface area contributed by atoms with Crippen LogP contribution in [-0.4, -0.2) is 42.6 Å². The predicted octanol–water partition coefficient (Wildman–Crippen LogP) is 5.96. The maximum atomic E-state index is 13.7. The van der Waals surface area contributed by atoms with Crippen LogP contribution in [0.5, 0.6) is 5.75 Å². The molecule has 0 radical (unpaired) electrons. The lowest BCUT2D eigenvalue weighted by molar-refractivity contribution is 0.0951. The summed E-state index contributed by atoms with van der Waals surface area (Å²) in [6.07, 6.45) is 0. The summed E-state index contributed by atoms with van der Waals surface area (Å²) in [6, 6.07) is 19.6. The van der Waals surface area contributed by atoms with Gasteiger partial charge in [-0.25, -0.2) is 8.78 Å². The van der Waals surface area contributed by atoms with E-state index in [-0.39, 0.29) is 18.4 Å². The number of fused-ring (bicyclic) bond motifs is 1. The Morgan fingerprint density at radius 1 is 0.973 bits per heavy atom. The largest absolute Gasteiger partial charge is 0.492 e. The number of carbonyl (C=O) groups excluding carboxylic acids is 1. The van der Waals surface area contributed by atoms with E-state index in [2.05, 4.69) is 40.8 Å². The second-order valence-corrected chi connectivity index (χ2v) is 9.75. The third-order valence-electron chi connectivity index (χ3n) is 6.28. The number of halogens is 2. The van der Waals surface area contributed by atoms with Crippen LogP contribution in [0.3, 0.4) is 0 Å². The molecular formula is C30H33F2N3O2. The summed E-state index contributed by atoms with van der Waals surface area (Å²) in [5, 5.41) is 3.73. The Kier molecular flexibility index (Phi) is 8.24. The molecule has 1 aromatic heterocycles. The fraction of sp³-hybridized carbons (Fsp3) is 0.300. The first-order valence-electron chi connectivity index (χ1n) is 12.4. The van der Waals surface area contributed by atoms with Crippen molar-refractivity contribution in [3.05, 3.63) is 101 Å². The standard InChI is InChI=1S/C30H33F2N3O2/c1-20(2)29-28(30(36)33-18-22-10-13-25(31)26(32)16-22)24-12-11-23(37-15-14-34(3)4)17-27(24)35(29)19-21-8-6-5-7-9-21/h5-13,16-17,20H,14-15,18-19H2,1-4H3,(H,33,36). The molecule has 7 heteroatoms. The minimum Gasteiger partial charge on any atom is -0.492 e. The number of nitrogens with one attached hydrogen (secondary N) is 1. The molecule has 0 atom stereocenters. The second kappa shape index (κ2) is 11.6. The van der Waals surface area contributed by atoms with E-state index in [4.69, 9.17) is 4.74 Å². The number of likely N-dealkylation sites (N-methyl/N-ethyl adjacent to an activating group) is 1. The van der Waals surface area contributed by atoms with Crippen molar-refractivity contribution in [2.45, 2.75) is 32.9 Å². The Morgan fingerprint density at radius 3 is 2.41 bits per heavy atom. The molecule has 5 nitrogen and oxygen atoms in total. The van der Waals surface area contributed by atoms with Gasteiger partial charge in [-0.15, -0.1) is 0 Å². The molecule has 0 spiro atoms. The Balaban J connectivity index is 1.74. The number of nitrogens with zero attached hydrogens (tertiary/aromatic N) is 2. The normalized spacial score (nSPS) is 11.5. The molecule has 0 saturated carbocycles. The zero-order valence-electron chi connectivity index (χ0n) is 21.7. The van der Waals surface area contributed by atoms with E-state index in [1.54, 1.807) is 0 Å². The molecule has 4 aromatic rings. The minimum atomic E-state index is -0.934. The summed E-state index contributed by atoms with van der Waals surface area (Å²) in [4.78, 5) is 15.6. The molecule has 0 aliphatic heterocycles. The van der Waals surface area contributed by atoms with Crippen LogP contribution in [0.4, 0.5) is 8.78 Å². The number of benzene rings is 3. The molecule has 1 heterocycles. The fourth-order valence-electron chi connectivity index (χ4n) is 4.48. The molecule has 3 aromatic carbocycles. The van der Waals surface area contributed by atoms with Gasteiger partial charge in [0.05, 0.1) is 11.1 Å². The van der Waals surface area contributed by atoms with Crippen LogP contribution in [0, 0.1) is 11.6 Å². The van der Waals surface area contributed by atoms with Gasteiger partial charge in [0.15, 0.2) is 11.6 Å². The van der Waals surface area contributed by atoms with Crippen LogP contribution < -0.4 is 10.1 Å². The summed E-state index contributed by atoms with van der Waals surface area (Å²) in [5.41, 5.74) is 4.01. The van der Waals surface area contributed by atoms with Crippen LogP contribution in [0.2, 0.25) is 0 Å². The van der Waals surface area contributed by atoms with E-state index in [0.717, 1.165) is 46.6 Å². The van der Waals surface area contributed by atoms with Crippen molar-refractivity contribution in [1.82, 2.24) is 14.8 Å². The molecule has 0 bridgehead atoms. The molecule has 194 valence electrons. The lowest BCUT2D eigenvalue weighted by Gasteiger charge is -2.16. The van der Waals surface area contributed by atoms with Gasteiger partial charge in [0.2, 0.25) is 0 Å². The number of amides is 1. The van der Waals surface area contributed by atoms with E-state index in [0.29, 0.717) is 24.3 Å². The van der Waals surface area contributed by atoms with Gasteiger partial charge in [0.1, 0.15) is 12.4 Å². The van der Waals surface area contributed by atoms with Crippen LogP contribution >= 0.6 is 0 Å². The highest BCUT2D eigenvalue weighted by Gasteiger charge is 2.25. The van der Waals surface area contributed by atoms with E-state index in [9.17, 15) is 13.6 Å². The first-order chi connectivity index (χ1) is 17.7. The van der Waals surface area contributed by atoms with Crippen molar-refractivity contribution in [3.63, 3.8) is 0 Å². The van der Waals surface area contributed by atoms with E-state index in [1.165, 1.54) is 6.07 Å². The van der Waals surface area contributed by atoms with Crippen molar-refractivity contribution < 1.29 is 18.3 Å². The molecule has 1 amide bonds. The highest BCUT2D eigenvalue weighted by Crippen LogP contribution is 2.34. The van der Waals surface area contributed by atoms with Crippen molar-refractivity contribution in [3.8, 4) is 5.75 Å². The van der Waals surface area contributed by atoms with Gasteiger partial charge >= 0.3 is 0 Å². The number of hydrogen-bond donors (Lipinski definition) is 1. The Hall–Kier alpha value is -3.71. The molecule has 4 rings (SSSR count). The maximum absolute atomic E-state index is 13.7. The molecule has 1 N–H and O–H groups in total. The molecular weight excluding hydrogens is 472 g/mol. The summed E-state index contributed by atoms with van der Waals surface area (Å²) >= 11 is 0. The predicted molar refractivity (Wildman–Crippen MR) is 143 cm³/mol. The van der Waals surface area contributed by atoms with Gasteiger partial charge in [-0.05, 0) is 55.4 Å². The summed E-state index contributed by atoms with van der Waals surface area (Å²) in [5.74, 6) is -1.31. The van der Waals surface area contributed by atoms with Gasteiger partial charge in [-0.1, -0.05) is 50.2 Å². The van der Waals surface area contributed by atoms with Crippen molar-refractivity contribution in [2.24, 2.45) is 0 Å². The zero-order valence-corrected chi connectivity index (χ0v) is 21.7. The highest BCUT2D eigenvalue weighted by molar-refractivity contribution is 6.09. The summed E-state index contributed by atoms with van der Waals surface area (Å²) < 4.78 is 35.2. The molecule has 37 heavy (non-hydrogen) atoms. The number of aromatic nitrogens is 1. The highest BCUT2D eigenvalue weighted by atomic mass is 19.2. The molecule has 0 aliphatic carbocycles. The third-order valence-corrected chi connectivity index (χ3v) is 6.28. The first-order valence-corrected chi connectivity index (χ1v) is 12.4. The molecule has 0 unspecified atom stereocenters. The molecule has 0 fully saturated rings. The topological polar surface area (TPSA) is 46.5 Å². The van der Waals surface area contributed by atoms with E-state index < -0.39 is 11.6 Å². The minimum absolute atomic E-state index is 0.0539. The maximum Gasteiger partial charge on any atom is 0.254 e. The van der Waals surface area contributed by atoms with E-state index >= 15 is 0 Å². The van der Waals surface area contributed by atoms with Crippen molar-refractivity contribution in [2.75, 3.05) is 27.2 Å². The van der Waals surface area contributed by atoms with Gasteiger partial charge < -0.3 is 19.5 Å². The van der Waals surface area contributed by atoms with Crippen LogP contribution in [0.1, 0.15) is 46.9 Å². The second-order valence-electron chi connectivity index (χ2n) is 9.75. The SMILES string of the molecule is CC(C)c1c(C(=O)NCc2ccc(F)c(F)c2)c2ccc(OCCN(C)C)cc2n1Cc1ccccc1. The van der Waals surface area contributed by atoms with E-state index in [1.807, 2.05) is 50.5 Å². The van der Waals surface area contributed by atoms with Crippen molar-refractivity contribution >= 4 is 16.8 Å². The van der Waals surface area contributed by atoms with Crippen LogP contribution in [0.25, 0.3) is 10.9 Å². The quantitative estimate of drug-likeness (QED) is 0.289. The fourth-order valence-corrected chi connectivity index (χ4v) is 4.48. The van der Waals surface area contributed by atoms with Crippen molar-refractivity contribution in [1.29, 1.82) is 0 Å². The van der Waals surface area contributed by atoms with Crippen LogP contribution in [0.15, 0.2) is 66.7 Å². The monoisotopic (exact) mass is 505 g/mol. The lowest BCUT2D eigenvalue weighted by Crippen LogP contribution is -2.24. The summed E-state index contributed by atoms with van der Waals surface area (Å²) in [7, 11) is 4.00. The average Bonchev–Trinajstić information content (AvgIpc) is 3.18. The summed E-state index contributed by atoms with van der Waals surface area (Å²) in [6.45, 7) is 6.16. The Morgan fingerprint density at radius 2 is 1.73 bits per heavy atom. The van der Waals surface area contributed by atoms with Gasteiger partial charge in [-0.2, -0.15) is 0 Å². The number of rotatable bonds is 10. The van der Waals surface area contributed by atoms with Gasteiger partial charge in [-0.3, -0.25) is 4.79 Å². The zero-order chi connectivity index (χ0) is 26.5. The van der Waals surface area contributed by atoms with Gasteiger partial charge in [0.25, 0.3) is 5.91 Å². The number of ether oxygens (including phenoxy) is 1. The third kappa shape index (κ3) is 6.17. The smallest absolute Gasteiger partial charge is 0.254 e.